The maximum Gasteiger partial charge on any atom is 0.261 e. The highest BCUT2D eigenvalue weighted by Gasteiger charge is 2.32. The number of rotatable bonds is 5. The lowest BCUT2D eigenvalue weighted by Gasteiger charge is -2.27. The second-order valence-corrected chi connectivity index (χ2v) is 7.52. The van der Waals surface area contributed by atoms with Gasteiger partial charge in [0.05, 0.1) is 0 Å². The van der Waals surface area contributed by atoms with E-state index in [1.165, 1.54) is 4.90 Å². The number of hydrogen-bond acceptors (Lipinski definition) is 3. The Kier molecular flexibility index (Phi) is 5.07. The van der Waals surface area contributed by atoms with E-state index in [0.717, 1.165) is 10.9 Å². The second-order valence-electron chi connectivity index (χ2n) is 7.08. The number of carbonyl (C=O) groups excluding carboxylic acids is 3. The summed E-state index contributed by atoms with van der Waals surface area (Å²) in [5.41, 5.74) is 2.62. The zero-order valence-corrected chi connectivity index (χ0v) is 16.6. The highest BCUT2D eigenvalue weighted by Crippen LogP contribution is 2.30. The van der Waals surface area contributed by atoms with Gasteiger partial charge in [-0.15, -0.1) is 0 Å². The number of nitrogens with zero attached hydrogens (tertiary/aromatic N) is 1. The smallest absolute Gasteiger partial charge is 0.261 e. The Hall–Kier alpha value is -3.18. The monoisotopic (exact) mass is 406 g/mol. The number of benzene rings is 3. The minimum atomic E-state index is -0.312. The van der Waals surface area contributed by atoms with Gasteiger partial charge < -0.3 is 5.32 Å². The number of anilines is 1. The molecular formula is C23H19ClN2O3. The van der Waals surface area contributed by atoms with E-state index in [1.807, 2.05) is 31.2 Å². The Morgan fingerprint density at radius 1 is 1.00 bits per heavy atom. The third-order valence-corrected chi connectivity index (χ3v) is 5.34. The molecule has 5 nitrogen and oxygen atoms in total. The molecule has 4 rings (SSSR count). The van der Waals surface area contributed by atoms with Gasteiger partial charge in [0.2, 0.25) is 5.91 Å². The highest BCUT2D eigenvalue weighted by atomic mass is 35.5. The van der Waals surface area contributed by atoms with Gasteiger partial charge in [-0.25, -0.2) is 0 Å². The predicted octanol–water partition coefficient (Wildman–Crippen LogP) is 4.82. The number of imide groups is 1. The minimum Gasteiger partial charge on any atom is -0.326 e. The van der Waals surface area contributed by atoms with E-state index in [-0.39, 0.29) is 30.7 Å². The molecule has 3 aromatic rings. The van der Waals surface area contributed by atoms with E-state index in [4.69, 9.17) is 11.6 Å². The van der Waals surface area contributed by atoms with Crippen LogP contribution < -0.4 is 5.32 Å². The summed E-state index contributed by atoms with van der Waals surface area (Å²) in [4.78, 5) is 39.2. The highest BCUT2D eigenvalue weighted by molar-refractivity contribution is 6.30. The van der Waals surface area contributed by atoms with Crippen LogP contribution in [0.5, 0.6) is 0 Å². The van der Waals surface area contributed by atoms with Gasteiger partial charge in [-0.3, -0.25) is 19.3 Å². The number of amides is 3. The molecule has 0 aromatic heterocycles. The van der Waals surface area contributed by atoms with Gasteiger partial charge in [0.1, 0.15) is 0 Å². The molecule has 3 aromatic carbocycles. The Labute approximate surface area is 173 Å². The minimum absolute atomic E-state index is 0.171. The van der Waals surface area contributed by atoms with Crippen molar-refractivity contribution in [3.8, 4) is 0 Å². The average Bonchev–Trinajstić information content (AvgIpc) is 2.70. The summed E-state index contributed by atoms with van der Waals surface area (Å²) < 4.78 is 0. The molecular weight excluding hydrogens is 388 g/mol. The van der Waals surface area contributed by atoms with Crippen molar-refractivity contribution in [1.82, 2.24) is 4.90 Å². The van der Waals surface area contributed by atoms with E-state index in [2.05, 4.69) is 5.32 Å². The third kappa shape index (κ3) is 3.61. The van der Waals surface area contributed by atoms with Crippen molar-refractivity contribution >= 4 is 45.8 Å². The summed E-state index contributed by atoms with van der Waals surface area (Å²) in [6, 6.07) is 16.1. The van der Waals surface area contributed by atoms with Crippen LogP contribution in [0.3, 0.4) is 0 Å². The average molecular weight is 407 g/mol. The van der Waals surface area contributed by atoms with Crippen molar-refractivity contribution in [2.45, 2.75) is 19.8 Å². The molecule has 0 aliphatic carbocycles. The molecule has 1 aliphatic heterocycles. The number of aryl methyl sites for hydroxylation is 1. The normalized spacial score (nSPS) is 13.1. The second kappa shape index (κ2) is 7.68. The summed E-state index contributed by atoms with van der Waals surface area (Å²) in [6.45, 7) is 2.06. The van der Waals surface area contributed by atoms with E-state index in [0.29, 0.717) is 33.6 Å². The largest absolute Gasteiger partial charge is 0.326 e. The fraction of sp³-hybridized carbons (Fsp3) is 0.174. The van der Waals surface area contributed by atoms with Crippen LogP contribution in [0.1, 0.15) is 39.1 Å². The summed E-state index contributed by atoms with van der Waals surface area (Å²) in [5.74, 6) is -0.795. The van der Waals surface area contributed by atoms with Gasteiger partial charge in [-0.2, -0.15) is 0 Å². The first-order valence-corrected chi connectivity index (χ1v) is 9.77. The topological polar surface area (TPSA) is 66.5 Å². The third-order valence-electron chi connectivity index (χ3n) is 5.10. The van der Waals surface area contributed by atoms with Crippen LogP contribution in [0, 0.1) is 6.92 Å². The molecule has 0 radical (unpaired) electrons. The van der Waals surface area contributed by atoms with Crippen LogP contribution in [0.2, 0.25) is 5.02 Å². The molecule has 0 unspecified atom stereocenters. The molecule has 1 aliphatic rings. The molecule has 0 saturated heterocycles. The first-order valence-electron chi connectivity index (χ1n) is 9.39. The fourth-order valence-electron chi connectivity index (χ4n) is 3.66. The lowest BCUT2D eigenvalue weighted by atomic mass is 9.94. The summed E-state index contributed by atoms with van der Waals surface area (Å²) in [5, 5.41) is 5.03. The molecule has 0 spiro atoms. The predicted molar refractivity (Wildman–Crippen MR) is 113 cm³/mol. The molecule has 3 amide bonds. The lowest BCUT2D eigenvalue weighted by molar-refractivity contribution is -0.116. The summed E-state index contributed by atoms with van der Waals surface area (Å²) in [6.07, 6.45) is 0.582. The Balaban J connectivity index is 1.43. The van der Waals surface area contributed by atoms with Gasteiger partial charge in [-0.1, -0.05) is 35.9 Å². The molecule has 1 N–H and O–H groups in total. The van der Waals surface area contributed by atoms with Crippen LogP contribution in [0.15, 0.2) is 54.6 Å². The first kappa shape index (κ1) is 19.2. The summed E-state index contributed by atoms with van der Waals surface area (Å²) in [7, 11) is 0. The van der Waals surface area contributed by atoms with Gasteiger partial charge in [0.15, 0.2) is 0 Å². The van der Waals surface area contributed by atoms with Crippen LogP contribution in [0.4, 0.5) is 5.69 Å². The maximum absolute atomic E-state index is 12.8. The molecule has 29 heavy (non-hydrogen) atoms. The molecule has 0 fully saturated rings. The van der Waals surface area contributed by atoms with Crippen molar-refractivity contribution in [1.29, 1.82) is 0 Å². The first-order chi connectivity index (χ1) is 14.0. The quantitative estimate of drug-likeness (QED) is 0.618. The Bertz CT molecular complexity index is 1110. The summed E-state index contributed by atoms with van der Waals surface area (Å²) >= 11 is 5.93. The number of hydrogen-bond donors (Lipinski definition) is 1. The molecule has 0 saturated carbocycles. The van der Waals surface area contributed by atoms with E-state index in [9.17, 15) is 14.4 Å². The Morgan fingerprint density at radius 2 is 1.66 bits per heavy atom. The van der Waals surface area contributed by atoms with Gasteiger partial charge >= 0.3 is 0 Å². The van der Waals surface area contributed by atoms with Crippen LogP contribution in [-0.2, 0) is 4.79 Å². The zero-order valence-electron chi connectivity index (χ0n) is 15.9. The van der Waals surface area contributed by atoms with Crippen LogP contribution in [-0.4, -0.2) is 29.2 Å². The number of halogens is 1. The van der Waals surface area contributed by atoms with E-state index in [1.54, 1.807) is 30.3 Å². The number of nitrogens with one attached hydrogen (secondary N) is 1. The molecule has 0 bridgehead atoms. The molecule has 146 valence electrons. The SMILES string of the molecule is Cc1cc(Cl)ccc1NC(=O)CCCN1C(=O)c2cccc3cccc(c23)C1=O. The zero-order chi connectivity index (χ0) is 20.5. The van der Waals surface area contributed by atoms with Crippen molar-refractivity contribution in [2.75, 3.05) is 11.9 Å². The maximum atomic E-state index is 12.8. The van der Waals surface area contributed by atoms with Crippen LogP contribution in [0.25, 0.3) is 10.8 Å². The van der Waals surface area contributed by atoms with E-state index < -0.39 is 0 Å². The molecule has 0 atom stereocenters. The fourth-order valence-corrected chi connectivity index (χ4v) is 3.89. The Morgan fingerprint density at radius 3 is 2.28 bits per heavy atom. The van der Waals surface area contributed by atoms with Gasteiger partial charge in [-0.05, 0) is 54.6 Å². The molecule has 1 heterocycles. The van der Waals surface area contributed by atoms with Crippen molar-refractivity contribution < 1.29 is 14.4 Å². The van der Waals surface area contributed by atoms with Crippen LogP contribution >= 0.6 is 11.6 Å². The van der Waals surface area contributed by atoms with Gasteiger partial charge in [0, 0.05) is 40.2 Å². The van der Waals surface area contributed by atoms with Crippen molar-refractivity contribution in [3.05, 3.63) is 76.3 Å². The van der Waals surface area contributed by atoms with Crippen molar-refractivity contribution in [2.24, 2.45) is 0 Å². The van der Waals surface area contributed by atoms with Gasteiger partial charge in [0.25, 0.3) is 11.8 Å². The standard InChI is InChI=1S/C23H19ClN2O3/c1-14-13-16(24)10-11-19(14)25-20(27)9-4-12-26-22(28)17-7-2-5-15-6-3-8-18(21(15)17)23(26)29/h2-3,5-8,10-11,13H,4,9,12H2,1H3,(H,25,27). The van der Waals surface area contributed by atoms with Crippen molar-refractivity contribution in [3.63, 3.8) is 0 Å². The molecule has 6 heteroatoms. The number of carbonyl (C=O) groups is 3. The van der Waals surface area contributed by atoms with E-state index >= 15 is 0 Å². The lowest BCUT2D eigenvalue weighted by Crippen LogP contribution is -2.41.